The summed E-state index contributed by atoms with van der Waals surface area (Å²) in [4.78, 5) is 25.0. The summed E-state index contributed by atoms with van der Waals surface area (Å²) in [5, 5.41) is 11.0. The molecule has 1 saturated heterocycles. The lowest BCUT2D eigenvalue weighted by atomic mass is 10.1. The highest BCUT2D eigenvalue weighted by molar-refractivity contribution is 6.03. The van der Waals surface area contributed by atoms with Gasteiger partial charge in [-0.25, -0.2) is 4.68 Å². The summed E-state index contributed by atoms with van der Waals surface area (Å²) in [5.74, 6) is -0.550. The highest BCUT2D eigenvalue weighted by atomic mass is 16.5. The molecule has 1 aromatic rings. The smallest absolute Gasteiger partial charge is 0.232 e. The van der Waals surface area contributed by atoms with E-state index in [4.69, 9.17) is 14.2 Å². The van der Waals surface area contributed by atoms with Crippen LogP contribution in [0.2, 0.25) is 0 Å². The molecule has 29 heavy (non-hydrogen) atoms. The Labute approximate surface area is 172 Å². The van der Waals surface area contributed by atoms with E-state index in [1.54, 1.807) is 17.8 Å². The van der Waals surface area contributed by atoms with E-state index in [-0.39, 0.29) is 30.7 Å². The van der Waals surface area contributed by atoms with Crippen molar-refractivity contribution in [1.82, 2.24) is 25.2 Å². The van der Waals surface area contributed by atoms with E-state index in [2.05, 4.69) is 15.6 Å². The van der Waals surface area contributed by atoms with E-state index in [0.29, 0.717) is 51.9 Å². The second-order valence-electron chi connectivity index (χ2n) is 6.34. The van der Waals surface area contributed by atoms with Gasteiger partial charge in [0.15, 0.2) is 0 Å². The van der Waals surface area contributed by atoms with E-state index in [9.17, 15) is 9.59 Å². The number of nitrogens with one attached hydrogen (secondary N) is 1. The van der Waals surface area contributed by atoms with Gasteiger partial charge in [-0.1, -0.05) is 26.0 Å². The zero-order valence-electron chi connectivity index (χ0n) is 18.1. The molecule has 1 N–H and O–H groups in total. The van der Waals surface area contributed by atoms with Crippen molar-refractivity contribution in [3.8, 4) is 0 Å². The van der Waals surface area contributed by atoms with E-state index >= 15 is 0 Å². The molecule has 10 heteroatoms. The Morgan fingerprint density at radius 3 is 2.28 bits per heavy atom. The third-order valence-electron chi connectivity index (χ3n) is 4.08. The van der Waals surface area contributed by atoms with Crippen LogP contribution < -0.4 is 5.32 Å². The number of hydrogen-bond acceptors (Lipinski definition) is 8. The molecule has 1 aliphatic heterocycles. The highest BCUT2D eigenvalue weighted by Crippen LogP contribution is 2.20. The molecular formula is C19H35N5O5. The van der Waals surface area contributed by atoms with E-state index < -0.39 is 0 Å². The third-order valence-corrected chi connectivity index (χ3v) is 4.08. The van der Waals surface area contributed by atoms with E-state index in [1.165, 1.54) is 4.90 Å². The average molecular weight is 414 g/mol. The summed E-state index contributed by atoms with van der Waals surface area (Å²) in [6.45, 7) is 10.6. The van der Waals surface area contributed by atoms with Crippen molar-refractivity contribution in [3.05, 3.63) is 11.9 Å². The van der Waals surface area contributed by atoms with Crippen LogP contribution in [0.3, 0.4) is 0 Å². The predicted octanol–water partition coefficient (Wildman–Crippen LogP) is 0.469. The van der Waals surface area contributed by atoms with E-state index in [0.717, 1.165) is 6.54 Å². The topological polar surface area (TPSA) is 108 Å². The van der Waals surface area contributed by atoms with Crippen molar-refractivity contribution < 1.29 is 23.8 Å². The standard InChI is InChI=1S/C17H29N5O5.C2H6/c1-14-11-16(23)22(17(14)24)13-15-12-21(20-19-15)4-6-26-8-10-27-9-7-25-5-3-18-2;1-2/h12,14,18H,3-11,13H2,1-2H3;1-2H3. The van der Waals surface area contributed by atoms with Crippen LogP contribution in [0.4, 0.5) is 0 Å². The quantitative estimate of drug-likeness (QED) is 0.346. The number of likely N-dealkylation sites (N-methyl/N-ethyl adjacent to an activating group) is 1. The molecule has 1 fully saturated rings. The Morgan fingerprint density at radius 2 is 1.69 bits per heavy atom. The van der Waals surface area contributed by atoms with Gasteiger partial charge in [-0.05, 0) is 7.05 Å². The summed E-state index contributed by atoms with van der Waals surface area (Å²) >= 11 is 0. The molecule has 2 heterocycles. The van der Waals surface area contributed by atoms with E-state index in [1.807, 2.05) is 20.9 Å². The number of aromatic nitrogens is 3. The first-order valence-electron chi connectivity index (χ1n) is 10.2. The minimum atomic E-state index is -0.247. The fraction of sp³-hybridized carbons (Fsp3) is 0.789. The summed E-state index contributed by atoms with van der Waals surface area (Å²) in [6.07, 6.45) is 2.00. The van der Waals surface area contributed by atoms with Crippen LogP contribution in [0, 0.1) is 5.92 Å². The Bertz CT molecular complexity index is 595. The van der Waals surface area contributed by atoms with Crippen molar-refractivity contribution >= 4 is 11.8 Å². The molecule has 0 bridgehead atoms. The fourth-order valence-corrected chi connectivity index (χ4v) is 2.57. The van der Waals surface area contributed by atoms with Crippen LogP contribution in [-0.4, -0.2) is 84.9 Å². The zero-order valence-corrected chi connectivity index (χ0v) is 18.1. The van der Waals surface area contributed by atoms with Gasteiger partial charge in [-0.3, -0.25) is 14.5 Å². The number of hydrogen-bond donors (Lipinski definition) is 1. The molecule has 0 radical (unpaired) electrons. The fourth-order valence-electron chi connectivity index (χ4n) is 2.57. The first kappa shape index (κ1) is 25.2. The van der Waals surface area contributed by atoms with Gasteiger partial charge in [0, 0.05) is 18.9 Å². The molecule has 0 saturated carbocycles. The van der Waals surface area contributed by atoms with Gasteiger partial charge < -0.3 is 19.5 Å². The largest absolute Gasteiger partial charge is 0.378 e. The predicted molar refractivity (Wildman–Crippen MR) is 107 cm³/mol. The van der Waals surface area contributed by atoms with Gasteiger partial charge in [-0.2, -0.15) is 0 Å². The monoisotopic (exact) mass is 413 g/mol. The summed E-state index contributed by atoms with van der Waals surface area (Å²) in [7, 11) is 1.88. The van der Waals surface area contributed by atoms with Crippen molar-refractivity contribution in [1.29, 1.82) is 0 Å². The molecule has 1 atom stereocenters. The van der Waals surface area contributed by atoms with Crippen LogP contribution in [0.15, 0.2) is 6.20 Å². The number of ether oxygens (including phenoxy) is 3. The van der Waals surface area contributed by atoms with Gasteiger partial charge in [0.1, 0.15) is 5.69 Å². The van der Waals surface area contributed by atoms with Crippen LogP contribution in [0.25, 0.3) is 0 Å². The second-order valence-corrected chi connectivity index (χ2v) is 6.34. The molecule has 1 aromatic heterocycles. The van der Waals surface area contributed by atoms with Crippen molar-refractivity contribution in [2.45, 2.75) is 40.3 Å². The number of rotatable bonds is 14. The third kappa shape index (κ3) is 9.44. The molecule has 2 amide bonds. The first-order valence-corrected chi connectivity index (χ1v) is 10.2. The number of carbonyl (C=O) groups excluding carboxylic acids is 2. The van der Waals surface area contributed by atoms with Crippen molar-refractivity contribution in [2.24, 2.45) is 5.92 Å². The van der Waals surface area contributed by atoms with Gasteiger partial charge in [0.2, 0.25) is 11.8 Å². The summed E-state index contributed by atoms with van der Waals surface area (Å²) in [5.41, 5.74) is 0.590. The Kier molecular flexibility index (Phi) is 13.0. The first-order chi connectivity index (χ1) is 14.1. The molecular weight excluding hydrogens is 378 g/mol. The molecule has 1 aliphatic rings. The zero-order chi connectivity index (χ0) is 21.5. The molecule has 0 aliphatic carbocycles. The van der Waals surface area contributed by atoms with Crippen LogP contribution in [0.5, 0.6) is 0 Å². The average Bonchev–Trinajstić information content (AvgIpc) is 3.27. The lowest BCUT2D eigenvalue weighted by Gasteiger charge is -2.11. The molecule has 1 unspecified atom stereocenters. The molecule has 0 spiro atoms. The number of carbonyl (C=O) groups is 2. The number of amides is 2. The summed E-state index contributed by atoms with van der Waals surface area (Å²) in [6, 6.07) is 0. The molecule has 166 valence electrons. The maximum Gasteiger partial charge on any atom is 0.232 e. The van der Waals surface area contributed by atoms with Crippen LogP contribution in [0.1, 0.15) is 32.9 Å². The SMILES string of the molecule is CC.CNCCOCCOCCOCCn1cc(CN2C(=O)CC(C)C2=O)nn1. The number of imide groups is 1. The van der Waals surface area contributed by atoms with Crippen LogP contribution >= 0.6 is 0 Å². The van der Waals surface area contributed by atoms with Gasteiger partial charge in [0.25, 0.3) is 0 Å². The van der Waals surface area contributed by atoms with Crippen molar-refractivity contribution in [2.75, 3.05) is 53.2 Å². The summed E-state index contributed by atoms with van der Waals surface area (Å²) < 4.78 is 17.9. The Morgan fingerprint density at radius 1 is 1.07 bits per heavy atom. The van der Waals surface area contributed by atoms with Gasteiger partial charge in [-0.15, -0.1) is 5.10 Å². The Hall–Kier alpha value is -1.88. The minimum absolute atomic E-state index is 0.148. The molecule has 0 aromatic carbocycles. The second kappa shape index (κ2) is 15.0. The lowest BCUT2D eigenvalue weighted by Crippen LogP contribution is -2.29. The van der Waals surface area contributed by atoms with Gasteiger partial charge in [0.05, 0.1) is 58.9 Å². The number of likely N-dealkylation sites (tertiary alicyclic amines) is 1. The maximum atomic E-state index is 11.9. The van der Waals surface area contributed by atoms with Crippen molar-refractivity contribution in [3.63, 3.8) is 0 Å². The maximum absolute atomic E-state index is 11.9. The Balaban J connectivity index is 0.00000204. The van der Waals surface area contributed by atoms with Gasteiger partial charge >= 0.3 is 0 Å². The molecule has 10 nitrogen and oxygen atoms in total. The number of nitrogens with zero attached hydrogens (tertiary/aromatic N) is 4. The highest BCUT2D eigenvalue weighted by Gasteiger charge is 2.35. The molecule has 2 rings (SSSR count). The minimum Gasteiger partial charge on any atom is -0.378 e. The van der Waals surface area contributed by atoms with Crippen LogP contribution in [-0.2, 0) is 36.9 Å². The normalized spacial score (nSPS) is 16.3. The lowest BCUT2D eigenvalue weighted by molar-refractivity contribution is -0.140.